The molecule has 0 radical (unpaired) electrons. The molecule has 2 atom stereocenters. The van der Waals surface area contributed by atoms with E-state index in [0.717, 1.165) is 10.5 Å². The molecular formula is C19H23Cl2N2O3+. The summed E-state index contributed by atoms with van der Waals surface area (Å²) in [5.41, 5.74) is 1.47. The van der Waals surface area contributed by atoms with Crippen molar-refractivity contribution in [3.8, 4) is 11.5 Å². The van der Waals surface area contributed by atoms with Crippen molar-refractivity contribution in [3.63, 3.8) is 0 Å². The summed E-state index contributed by atoms with van der Waals surface area (Å²) in [6, 6.07) is 10.4. The minimum atomic E-state index is -0.319. The Balaban J connectivity index is 2.11. The molecule has 0 saturated carbocycles. The molecule has 0 aliphatic carbocycles. The van der Waals surface area contributed by atoms with Crippen LogP contribution >= 0.6 is 23.2 Å². The van der Waals surface area contributed by atoms with Crippen molar-refractivity contribution in [1.82, 2.24) is 0 Å². The van der Waals surface area contributed by atoms with Gasteiger partial charge in [0.1, 0.15) is 6.54 Å². The lowest BCUT2D eigenvalue weighted by Gasteiger charge is -2.22. The molecule has 0 aliphatic rings. The number of carbonyl (C=O) groups is 1. The fourth-order valence-electron chi connectivity index (χ4n) is 2.60. The van der Waals surface area contributed by atoms with Gasteiger partial charge in [-0.3, -0.25) is 4.79 Å². The van der Waals surface area contributed by atoms with Crippen LogP contribution in [-0.2, 0) is 11.3 Å². The van der Waals surface area contributed by atoms with Crippen molar-refractivity contribution in [3.05, 3.63) is 52.0 Å². The Morgan fingerprint density at radius 3 is 2.58 bits per heavy atom. The average molecular weight is 398 g/mol. The third-order valence-electron chi connectivity index (χ3n) is 4.27. The first-order valence-electron chi connectivity index (χ1n) is 8.15. The van der Waals surface area contributed by atoms with E-state index in [4.69, 9.17) is 32.7 Å². The van der Waals surface area contributed by atoms with Crippen molar-refractivity contribution in [1.29, 1.82) is 0 Å². The van der Waals surface area contributed by atoms with E-state index in [-0.39, 0.29) is 11.9 Å². The Labute approximate surface area is 163 Å². The second-order valence-electron chi connectivity index (χ2n) is 6.01. The van der Waals surface area contributed by atoms with Gasteiger partial charge in [0.15, 0.2) is 17.5 Å². The maximum atomic E-state index is 12.6. The molecule has 0 saturated heterocycles. The van der Waals surface area contributed by atoms with Crippen LogP contribution in [0.3, 0.4) is 0 Å². The van der Waals surface area contributed by atoms with Gasteiger partial charge in [0.25, 0.3) is 5.91 Å². The van der Waals surface area contributed by atoms with Crippen LogP contribution in [-0.4, -0.2) is 33.2 Å². The molecule has 0 spiro atoms. The van der Waals surface area contributed by atoms with E-state index < -0.39 is 0 Å². The molecule has 0 aromatic heterocycles. The first kappa shape index (κ1) is 20.4. The molecular weight excluding hydrogens is 375 g/mol. The van der Waals surface area contributed by atoms with Crippen molar-refractivity contribution in [2.24, 2.45) is 0 Å². The minimum Gasteiger partial charge on any atom is -0.493 e. The van der Waals surface area contributed by atoms with Gasteiger partial charge in [-0.15, -0.1) is 0 Å². The molecule has 2 rings (SSSR count). The van der Waals surface area contributed by atoms with Gasteiger partial charge in [0, 0.05) is 5.02 Å². The lowest BCUT2D eigenvalue weighted by atomic mass is 10.1. The number of halogens is 2. The van der Waals surface area contributed by atoms with E-state index in [1.165, 1.54) is 0 Å². The molecule has 26 heavy (non-hydrogen) atoms. The third-order valence-corrected chi connectivity index (χ3v) is 4.84. The number of carbonyl (C=O) groups excluding carboxylic acids is 1. The summed E-state index contributed by atoms with van der Waals surface area (Å²) in [6.07, 6.45) is 0. The van der Waals surface area contributed by atoms with Crippen LogP contribution in [0.25, 0.3) is 0 Å². The molecule has 5 nitrogen and oxygen atoms in total. The Kier molecular flexibility index (Phi) is 7.14. The lowest BCUT2D eigenvalue weighted by molar-refractivity contribution is -0.907. The van der Waals surface area contributed by atoms with Gasteiger partial charge in [0.2, 0.25) is 0 Å². The van der Waals surface area contributed by atoms with E-state index >= 15 is 0 Å². The second kappa shape index (κ2) is 9.12. The van der Waals surface area contributed by atoms with E-state index in [1.54, 1.807) is 32.4 Å². The highest BCUT2D eigenvalue weighted by molar-refractivity contribution is 6.35. The van der Waals surface area contributed by atoms with Crippen LogP contribution in [0.5, 0.6) is 11.5 Å². The molecule has 1 unspecified atom stereocenters. The number of hydrogen-bond acceptors (Lipinski definition) is 3. The number of anilines is 1. The monoisotopic (exact) mass is 397 g/mol. The number of nitrogens with one attached hydrogen (secondary N) is 2. The van der Waals surface area contributed by atoms with Crippen molar-refractivity contribution in [2.75, 3.05) is 26.6 Å². The molecule has 0 bridgehead atoms. The zero-order valence-corrected chi connectivity index (χ0v) is 16.7. The van der Waals surface area contributed by atoms with Crippen molar-refractivity contribution < 1.29 is 19.2 Å². The summed E-state index contributed by atoms with van der Waals surface area (Å²) in [7, 11) is 5.15. The number of likely N-dealkylation sites (N-methyl/N-ethyl adjacent to an activating group) is 1. The number of amides is 1. The second-order valence-corrected chi connectivity index (χ2v) is 6.85. The molecule has 0 heterocycles. The zero-order chi connectivity index (χ0) is 19.3. The molecule has 0 fully saturated rings. The highest BCUT2D eigenvalue weighted by Crippen LogP contribution is 2.30. The Morgan fingerprint density at radius 2 is 1.92 bits per heavy atom. The maximum Gasteiger partial charge on any atom is 0.282 e. The molecule has 1 amide bonds. The number of quaternary nitrogens is 1. The van der Waals surface area contributed by atoms with Gasteiger partial charge in [-0.2, -0.15) is 0 Å². The summed E-state index contributed by atoms with van der Waals surface area (Å²) >= 11 is 12.1. The van der Waals surface area contributed by atoms with Crippen LogP contribution in [0.15, 0.2) is 36.4 Å². The van der Waals surface area contributed by atoms with E-state index in [0.29, 0.717) is 33.8 Å². The molecule has 140 valence electrons. The van der Waals surface area contributed by atoms with Crippen molar-refractivity contribution in [2.45, 2.75) is 19.5 Å². The minimum absolute atomic E-state index is 0.145. The van der Waals surface area contributed by atoms with Crippen LogP contribution in [0.4, 0.5) is 5.69 Å². The van der Waals surface area contributed by atoms with Crippen LogP contribution < -0.4 is 19.7 Å². The third kappa shape index (κ3) is 4.81. The van der Waals surface area contributed by atoms with E-state index in [1.807, 2.05) is 32.2 Å². The molecule has 7 heteroatoms. The average Bonchev–Trinajstić information content (AvgIpc) is 2.63. The summed E-state index contributed by atoms with van der Waals surface area (Å²) in [5, 5.41) is 3.80. The molecule has 0 aliphatic heterocycles. The molecule has 2 aromatic rings. The molecule has 2 N–H and O–H groups in total. The Morgan fingerprint density at radius 1 is 1.19 bits per heavy atom. The highest BCUT2D eigenvalue weighted by Gasteiger charge is 2.24. The van der Waals surface area contributed by atoms with Gasteiger partial charge in [-0.25, -0.2) is 0 Å². The van der Waals surface area contributed by atoms with Crippen molar-refractivity contribution >= 4 is 34.8 Å². The fraction of sp³-hybridized carbons (Fsp3) is 0.316. The van der Waals surface area contributed by atoms with Crippen LogP contribution in [0.2, 0.25) is 10.0 Å². The summed E-state index contributed by atoms with van der Waals surface area (Å²) in [5.74, 6) is 1.20. The normalized spacial score (nSPS) is 13.0. The smallest absolute Gasteiger partial charge is 0.282 e. The number of para-hydroxylation sites is 1. The predicted molar refractivity (Wildman–Crippen MR) is 105 cm³/mol. The largest absolute Gasteiger partial charge is 0.493 e. The highest BCUT2D eigenvalue weighted by atomic mass is 35.5. The lowest BCUT2D eigenvalue weighted by Crippen LogP contribution is -3.12. The first-order chi connectivity index (χ1) is 12.4. The summed E-state index contributed by atoms with van der Waals surface area (Å²) in [4.78, 5) is 13.6. The Bertz CT molecular complexity index is 783. The van der Waals surface area contributed by atoms with E-state index in [2.05, 4.69) is 5.32 Å². The topological polar surface area (TPSA) is 52.0 Å². The maximum absolute atomic E-state index is 12.6. The standard InChI is InChI=1S/C19H22Cl2N2O3/c1-12(19(24)22-16-10-14(20)8-9-15(16)21)23(2)11-13-6-5-7-17(25-3)18(13)26-4/h5-10,12H,11H2,1-4H3,(H,22,24)/p+1/t12-/m0/s1. The number of benzene rings is 2. The fourth-order valence-corrected chi connectivity index (χ4v) is 2.94. The first-order valence-corrected chi connectivity index (χ1v) is 8.91. The number of rotatable bonds is 7. The number of methoxy groups -OCH3 is 2. The van der Waals surface area contributed by atoms with Crippen LogP contribution in [0, 0.1) is 0 Å². The number of ether oxygens (including phenoxy) is 2. The summed E-state index contributed by atoms with van der Waals surface area (Å²) in [6.45, 7) is 2.45. The van der Waals surface area contributed by atoms with Gasteiger partial charge >= 0.3 is 0 Å². The Hall–Kier alpha value is -1.95. The van der Waals surface area contributed by atoms with Gasteiger partial charge in [-0.1, -0.05) is 29.3 Å². The molecule has 2 aromatic carbocycles. The van der Waals surface area contributed by atoms with E-state index in [9.17, 15) is 4.79 Å². The quantitative estimate of drug-likeness (QED) is 0.754. The summed E-state index contributed by atoms with van der Waals surface area (Å²) < 4.78 is 10.8. The van der Waals surface area contributed by atoms with Crippen LogP contribution in [0.1, 0.15) is 12.5 Å². The van der Waals surface area contributed by atoms with Gasteiger partial charge in [-0.05, 0) is 37.3 Å². The van der Waals surface area contributed by atoms with Gasteiger partial charge in [0.05, 0.1) is 37.5 Å². The predicted octanol–water partition coefficient (Wildman–Crippen LogP) is 3.05. The number of hydrogen-bond donors (Lipinski definition) is 2. The SMILES string of the molecule is COc1cccc(C[NH+](C)[C@@H](C)C(=O)Nc2cc(Cl)ccc2Cl)c1OC. The zero-order valence-electron chi connectivity index (χ0n) is 15.2. The van der Waals surface area contributed by atoms with Gasteiger partial charge < -0.3 is 19.7 Å².